The van der Waals surface area contributed by atoms with E-state index in [9.17, 15) is 4.39 Å². The van der Waals surface area contributed by atoms with Crippen molar-refractivity contribution in [3.63, 3.8) is 0 Å². The van der Waals surface area contributed by atoms with Crippen molar-refractivity contribution in [2.75, 3.05) is 25.6 Å². The van der Waals surface area contributed by atoms with Crippen molar-refractivity contribution in [1.29, 1.82) is 0 Å². The maximum atomic E-state index is 14.0. The largest absolute Gasteiger partial charge is 0.497 e. The van der Waals surface area contributed by atoms with E-state index < -0.39 is 0 Å². The van der Waals surface area contributed by atoms with Crippen molar-refractivity contribution in [2.24, 2.45) is 0 Å². The van der Waals surface area contributed by atoms with Gasteiger partial charge in [0.15, 0.2) is 0 Å². The van der Waals surface area contributed by atoms with Gasteiger partial charge in [-0.1, -0.05) is 6.07 Å². The first-order valence-corrected chi connectivity index (χ1v) is 7.07. The Bertz CT molecular complexity index is 601. The van der Waals surface area contributed by atoms with E-state index in [0.29, 0.717) is 17.1 Å². The van der Waals surface area contributed by atoms with Crippen molar-refractivity contribution in [3.8, 4) is 11.5 Å². The van der Waals surface area contributed by atoms with Crippen LogP contribution in [0.5, 0.6) is 11.5 Å². The molecule has 2 N–H and O–H groups in total. The van der Waals surface area contributed by atoms with Crippen LogP contribution < -0.4 is 14.8 Å². The molecule has 0 aliphatic heterocycles. The fourth-order valence-electron chi connectivity index (χ4n) is 2.12. The number of ether oxygens (including phenoxy) is 2. The molecule has 0 amide bonds. The van der Waals surface area contributed by atoms with E-state index in [1.54, 1.807) is 24.3 Å². The Hall–Kier alpha value is -2.27. The molecule has 0 spiro atoms. The molecule has 2 aromatic carbocycles. The van der Waals surface area contributed by atoms with Crippen LogP contribution in [-0.4, -0.2) is 25.4 Å². The second-order valence-electron chi connectivity index (χ2n) is 4.85. The topological polar surface area (TPSA) is 50.7 Å². The van der Waals surface area contributed by atoms with Crippen molar-refractivity contribution in [3.05, 3.63) is 53.8 Å². The summed E-state index contributed by atoms with van der Waals surface area (Å²) in [6.07, 6.45) is 0. The number of aliphatic hydroxyl groups excluding tert-OH is 1. The highest BCUT2D eigenvalue weighted by atomic mass is 19.1. The third-order valence-electron chi connectivity index (χ3n) is 3.27. The lowest BCUT2D eigenvalue weighted by atomic mass is 10.1. The molecule has 5 heteroatoms. The van der Waals surface area contributed by atoms with E-state index >= 15 is 0 Å². The van der Waals surface area contributed by atoms with Crippen LogP contribution in [0.25, 0.3) is 0 Å². The van der Waals surface area contributed by atoms with E-state index in [1.165, 1.54) is 13.2 Å². The summed E-state index contributed by atoms with van der Waals surface area (Å²) >= 11 is 0. The molecule has 2 rings (SSSR count). The second kappa shape index (κ2) is 7.66. The standard InChI is InChI=1S/C17H20FNO3/c1-12(16-8-7-15(21-2)11-17(16)18)19-13-3-5-14(6-4-13)22-10-9-20/h3-8,11-12,19-20H,9-10H2,1-2H3. The first-order valence-electron chi connectivity index (χ1n) is 7.07. The number of rotatable bonds is 7. The molecule has 0 heterocycles. The molecule has 0 aliphatic carbocycles. The molecule has 118 valence electrons. The van der Waals surface area contributed by atoms with Gasteiger partial charge < -0.3 is 19.9 Å². The molecule has 0 saturated heterocycles. The monoisotopic (exact) mass is 305 g/mol. The lowest BCUT2D eigenvalue weighted by Crippen LogP contribution is -2.09. The number of halogens is 1. The number of anilines is 1. The highest BCUT2D eigenvalue weighted by molar-refractivity contribution is 5.48. The van der Waals surface area contributed by atoms with Crippen molar-refractivity contribution >= 4 is 5.69 Å². The van der Waals surface area contributed by atoms with Gasteiger partial charge in [-0.3, -0.25) is 0 Å². The lowest BCUT2D eigenvalue weighted by Gasteiger charge is -2.17. The van der Waals surface area contributed by atoms with Gasteiger partial charge in [-0.25, -0.2) is 4.39 Å². The van der Waals surface area contributed by atoms with Crippen LogP contribution in [0.2, 0.25) is 0 Å². The molecule has 2 aromatic rings. The summed E-state index contributed by atoms with van der Waals surface area (Å²) in [5.74, 6) is 0.879. The minimum atomic E-state index is -0.303. The predicted molar refractivity (Wildman–Crippen MR) is 84.0 cm³/mol. The molecule has 0 bridgehead atoms. The minimum absolute atomic E-state index is 0.0201. The molecule has 0 saturated carbocycles. The molecular formula is C17H20FNO3. The third kappa shape index (κ3) is 4.11. The van der Waals surface area contributed by atoms with Crippen molar-refractivity contribution < 1.29 is 19.0 Å². The van der Waals surface area contributed by atoms with E-state index in [4.69, 9.17) is 14.6 Å². The maximum absolute atomic E-state index is 14.0. The molecular weight excluding hydrogens is 285 g/mol. The smallest absolute Gasteiger partial charge is 0.132 e. The number of hydrogen-bond acceptors (Lipinski definition) is 4. The van der Waals surface area contributed by atoms with Crippen LogP contribution in [0.15, 0.2) is 42.5 Å². The average molecular weight is 305 g/mol. The van der Waals surface area contributed by atoms with Gasteiger partial charge in [0, 0.05) is 17.3 Å². The summed E-state index contributed by atoms with van der Waals surface area (Å²) in [5, 5.41) is 11.9. The molecule has 0 aromatic heterocycles. The Morgan fingerprint density at radius 1 is 1.14 bits per heavy atom. The molecule has 1 atom stereocenters. The van der Waals surface area contributed by atoms with Crippen LogP contribution in [0.4, 0.5) is 10.1 Å². The zero-order valence-corrected chi connectivity index (χ0v) is 12.7. The van der Waals surface area contributed by atoms with Gasteiger partial charge in [-0.2, -0.15) is 0 Å². The summed E-state index contributed by atoms with van der Waals surface area (Å²) < 4.78 is 24.3. The van der Waals surface area contributed by atoms with Gasteiger partial charge in [-0.15, -0.1) is 0 Å². The fraction of sp³-hybridized carbons (Fsp3) is 0.294. The number of aliphatic hydroxyl groups is 1. The van der Waals surface area contributed by atoms with Gasteiger partial charge in [0.2, 0.25) is 0 Å². The van der Waals surface area contributed by atoms with E-state index in [2.05, 4.69) is 5.32 Å². The Kier molecular flexibility index (Phi) is 5.61. The van der Waals surface area contributed by atoms with Gasteiger partial charge in [-0.05, 0) is 37.3 Å². The molecule has 0 radical (unpaired) electrons. The minimum Gasteiger partial charge on any atom is -0.497 e. The Morgan fingerprint density at radius 3 is 2.41 bits per heavy atom. The lowest BCUT2D eigenvalue weighted by molar-refractivity contribution is 0.201. The fourth-order valence-corrected chi connectivity index (χ4v) is 2.12. The van der Waals surface area contributed by atoms with E-state index in [-0.39, 0.29) is 25.1 Å². The summed E-state index contributed by atoms with van der Waals surface area (Å²) in [6, 6.07) is 11.9. The number of methoxy groups -OCH3 is 1. The summed E-state index contributed by atoms with van der Waals surface area (Å²) in [7, 11) is 1.51. The van der Waals surface area contributed by atoms with E-state index in [1.807, 2.05) is 19.1 Å². The van der Waals surface area contributed by atoms with Gasteiger partial charge in [0.1, 0.15) is 23.9 Å². The number of hydrogen-bond donors (Lipinski definition) is 2. The number of benzene rings is 2. The molecule has 4 nitrogen and oxygen atoms in total. The van der Waals surface area contributed by atoms with Gasteiger partial charge >= 0.3 is 0 Å². The summed E-state index contributed by atoms with van der Waals surface area (Å²) in [4.78, 5) is 0. The molecule has 0 aliphatic rings. The van der Waals surface area contributed by atoms with Crippen LogP contribution in [0, 0.1) is 5.82 Å². The SMILES string of the molecule is COc1ccc(C(C)Nc2ccc(OCCO)cc2)c(F)c1. The summed E-state index contributed by atoms with van der Waals surface area (Å²) in [5.41, 5.74) is 1.43. The Morgan fingerprint density at radius 2 is 1.82 bits per heavy atom. The van der Waals surface area contributed by atoms with Gasteiger partial charge in [0.25, 0.3) is 0 Å². The first kappa shape index (κ1) is 16.1. The highest BCUT2D eigenvalue weighted by Gasteiger charge is 2.11. The quantitative estimate of drug-likeness (QED) is 0.823. The number of nitrogens with one attached hydrogen (secondary N) is 1. The Balaban J connectivity index is 2.03. The van der Waals surface area contributed by atoms with Crippen LogP contribution in [-0.2, 0) is 0 Å². The van der Waals surface area contributed by atoms with Crippen LogP contribution >= 0.6 is 0 Å². The zero-order valence-electron chi connectivity index (χ0n) is 12.7. The van der Waals surface area contributed by atoms with E-state index in [0.717, 1.165) is 5.69 Å². The Labute approximate surface area is 129 Å². The normalized spacial score (nSPS) is 11.8. The van der Waals surface area contributed by atoms with Crippen LogP contribution in [0.3, 0.4) is 0 Å². The second-order valence-corrected chi connectivity index (χ2v) is 4.85. The average Bonchev–Trinajstić information content (AvgIpc) is 2.53. The van der Waals surface area contributed by atoms with Crippen molar-refractivity contribution in [1.82, 2.24) is 0 Å². The van der Waals surface area contributed by atoms with Crippen LogP contribution in [0.1, 0.15) is 18.5 Å². The van der Waals surface area contributed by atoms with Crippen molar-refractivity contribution in [2.45, 2.75) is 13.0 Å². The molecule has 22 heavy (non-hydrogen) atoms. The predicted octanol–water partition coefficient (Wildman–Crippen LogP) is 3.38. The molecule has 0 fully saturated rings. The first-order chi connectivity index (χ1) is 10.6. The maximum Gasteiger partial charge on any atom is 0.132 e. The molecule has 1 unspecified atom stereocenters. The third-order valence-corrected chi connectivity index (χ3v) is 3.27. The summed E-state index contributed by atoms with van der Waals surface area (Å²) in [6.45, 7) is 2.13. The van der Waals surface area contributed by atoms with Gasteiger partial charge in [0.05, 0.1) is 19.8 Å². The zero-order chi connectivity index (χ0) is 15.9. The highest BCUT2D eigenvalue weighted by Crippen LogP contribution is 2.25.